The number of sulfonamides is 1. The summed E-state index contributed by atoms with van der Waals surface area (Å²) in [6.07, 6.45) is -2.80. The lowest BCUT2D eigenvalue weighted by Gasteiger charge is -2.21. The summed E-state index contributed by atoms with van der Waals surface area (Å²) >= 11 is 5.66. The van der Waals surface area contributed by atoms with E-state index in [1.54, 1.807) is 0 Å². The molecule has 2 aromatic rings. The summed E-state index contributed by atoms with van der Waals surface area (Å²) < 4.78 is 68.0. The number of nitrogens with zero attached hydrogens (tertiary/aromatic N) is 1. The number of alkyl halides is 1. The smallest absolute Gasteiger partial charge is 0.255 e. The predicted octanol–water partition coefficient (Wildman–Crippen LogP) is 3.35. The highest BCUT2D eigenvalue weighted by molar-refractivity contribution is 7.89. The van der Waals surface area contributed by atoms with E-state index in [-0.39, 0.29) is 35.7 Å². The Hall–Kier alpha value is -2.14. The fourth-order valence-corrected chi connectivity index (χ4v) is 4.82. The Bertz CT molecular complexity index is 1070. The van der Waals surface area contributed by atoms with Crippen LogP contribution in [0.3, 0.4) is 0 Å². The Morgan fingerprint density at radius 3 is 2.57 bits per heavy atom. The average molecular weight is 463 g/mol. The van der Waals surface area contributed by atoms with Gasteiger partial charge in [0.05, 0.1) is 11.1 Å². The SMILES string of the molecule is O=C(Nc1ccc(F)c(Cl)c1)c1ccc(F)c(S(=O)(=O)N2CCC(O)CC(F)C2)c1. The van der Waals surface area contributed by atoms with Gasteiger partial charge in [-0.2, -0.15) is 4.31 Å². The number of aliphatic hydroxyl groups is 1. The fourth-order valence-electron chi connectivity index (χ4n) is 3.07. The van der Waals surface area contributed by atoms with Gasteiger partial charge in [-0.1, -0.05) is 11.6 Å². The molecule has 2 N–H and O–H groups in total. The molecule has 2 unspecified atom stereocenters. The van der Waals surface area contributed by atoms with Crippen molar-refractivity contribution in [2.45, 2.75) is 30.0 Å². The van der Waals surface area contributed by atoms with Crippen LogP contribution in [0.5, 0.6) is 0 Å². The molecule has 6 nitrogen and oxygen atoms in total. The summed E-state index contributed by atoms with van der Waals surface area (Å²) in [4.78, 5) is 11.7. The molecule has 30 heavy (non-hydrogen) atoms. The molecular weight excluding hydrogens is 445 g/mol. The van der Waals surface area contributed by atoms with Gasteiger partial charge in [-0.05, 0) is 42.8 Å². The van der Waals surface area contributed by atoms with E-state index < -0.39 is 51.3 Å². The normalized spacial score (nSPS) is 20.6. The minimum atomic E-state index is -4.46. The highest BCUT2D eigenvalue weighted by Gasteiger charge is 2.33. The molecule has 0 saturated carbocycles. The Morgan fingerprint density at radius 1 is 1.17 bits per heavy atom. The zero-order valence-corrected chi connectivity index (χ0v) is 17.1. The van der Waals surface area contributed by atoms with Crippen molar-refractivity contribution in [2.75, 3.05) is 18.4 Å². The summed E-state index contributed by atoms with van der Waals surface area (Å²) in [6.45, 7) is -0.711. The first-order chi connectivity index (χ1) is 14.1. The van der Waals surface area contributed by atoms with Gasteiger partial charge in [-0.15, -0.1) is 0 Å². The summed E-state index contributed by atoms with van der Waals surface area (Å²) in [5, 5.41) is 11.8. The van der Waals surface area contributed by atoms with Crippen LogP contribution in [-0.4, -0.2) is 49.1 Å². The maximum absolute atomic E-state index is 14.3. The van der Waals surface area contributed by atoms with E-state index in [1.165, 1.54) is 12.1 Å². The standard InChI is InChI=1S/C19H18ClF3N2O4S/c20-15-9-13(2-4-16(15)22)24-19(27)11-1-3-17(23)18(7-11)30(28,29)25-6-5-14(26)8-12(21)10-25/h1-4,7,9,12,14,26H,5-6,8,10H2,(H,24,27). The van der Waals surface area contributed by atoms with Gasteiger partial charge in [0.15, 0.2) is 0 Å². The Kier molecular flexibility index (Phi) is 6.71. The summed E-state index contributed by atoms with van der Waals surface area (Å²) in [5.74, 6) is -2.56. The highest BCUT2D eigenvalue weighted by Crippen LogP contribution is 2.26. The summed E-state index contributed by atoms with van der Waals surface area (Å²) in [5.41, 5.74) is -0.0241. The second kappa shape index (κ2) is 8.93. The molecule has 162 valence electrons. The third kappa shape index (κ3) is 4.94. The second-order valence-electron chi connectivity index (χ2n) is 6.87. The number of benzene rings is 2. The Balaban J connectivity index is 1.88. The number of hydrogen-bond donors (Lipinski definition) is 2. The van der Waals surface area contributed by atoms with Crippen LogP contribution in [0.25, 0.3) is 0 Å². The maximum atomic E-state index is 14.3. The van der Waals surface area contributed by atoms with Gasteiger partial charge in [-0.3, -0.25) is 4.79 Å². The summed E-state index contributed by atoms with van der Waals surface area (Å²) in [6, 6.07) is 6.21. The number of anilines is 1. The highest BCUT2D eigenvalue weighted by atomic mass is 35.5. The molecule has 1 fully saturated rings. The van der Waals surface area contributed by atoms with Crippen LogP contribution in [0.15, 0.2) is 41.3 Å². The third-order valence-corrected chi connectivity index (χ3v) is 6.80. The average Bonchev–Trinajstić information content (AvgIpc) is 2.85. The van der Waals surface area contributed by atoms with Crippen molar-refractivity contribution in [1.82, 2.24) is 4.31 Å². The van der Waals surface area contributed by atoms with Gasteiger partial charge in [0.1, 0.15) is 22.7 Å². The van der Waals surface area contributed by atoms with Crippen molar-refractivity contribution in [1.29, 1.82) is 0 Å². The van der Waals surface area contributed by atoms with E-state index in [4.69, 9.17) is 11.6 Å². The monoisotopic (exact) mass is 462 g/mol. The number of aliphatic hydroxyl groups excluding tert-OH is 1. The van der Waals surface area contributed by atoms with E-state index in [0.29, 0.717) is 0 Å². The quantitative estimate of drug-likeness (QED) is 0.729. The van der Waals surface area contributed by atoms with Crippen LogP contribution in [0.4, 0.5) is 18.9 Å². The second-order valence-corrected chi connectivity index (χ2v) is 9.18. The molecule has 0 radical (unpaired) electrons. The van der Waals surface area contributed by atoms with Gasteiger partial charge in [0.25, 0.3) is 5.91 Å². The number of amides is 1. The first-order valence-electron chi connectivity index (χ1n) is 8.96. The minimum absolute atomic E-state index is 0.00672. The first kappa shape index (κ1) is 22.5. The van der Waals surface area contributed by atoms with Crippen LogP contribution in [0, 0.1) is 11.6 Å². The summed E-state index contributed by atoms with van der Waals surface area (Å²) in [7, 11) is -4.46. The van der Waals surface area contributed by atoms with Crippen LogP contribution >= 0.6 is 11.6 Å². The number of nitrogens with one attached hydrogen (secondary N) is 1. The molecule has 0 spiro atoms. The van der Waals surface area contributed by atoms with Crippen molar-refractivity contribution in [3.8, 4) is 0 Å². The van der Waals surface area contributed by atoms with Gasteiger partial charge < -0.3 is 10.4 Å². The lowest BCUT2D eigenvalue weighted by atomic mass is 10.1. The molecule has 11 heteroatoms. The van der Waals surface area contributed by atoms with Gasteiger partial charge in [0, 0.05) is 30.8 Å². The van der Waals surface area contributed by atoms with Gasteiger partial charge in [-0.25, -0.2) is 21.6 Å². The minimum Gasteiger partial charge on any atom is -0.393 e. The van der Waals surface area contributed by atoms with Crippen LogP contribution < -0.4 is 5.32 Å². The van der Waals surface area contributed by atoms with Crippen molar-refractivity contribution in [3.05, 3.63) is 58.6 Å². The molecule has 2 aromatic carbocycles. The topological polar surface area (TPSA) is 86.7 Å². The van der Waals surface area contributed by atoms with Crippen molar-refractivity contribution in [3.63, 3.8) is 0 Å². The molecule has 1 saturated heterocycles. The van der Waals surface area contributed by atoms with Gasteiger partial charge >= 0.3 is 0 Å². The lowest BCUT2D eigenvalue weighted by molar-refractivity contribution is 0.102. The van der Waals surface area contributed by atoms with Crippen molar-refractivity contribution < 1.29 is 31.5 Å². The zero-order chi connectivity index (χ0) is 22.1. The number of carbonyl (C=O) groups is 1. The maximum Gasteiger partial charge on any atom is 0.255 e. The Morgan fingerprint density at radius 2 is 1.87 bits per heavy atom. The molecule has 2 atom stereocenters. The predicted molar refractivity (Wildman–Crippen MR) is 105 cm³/mol. The Labute approximate surface area is 176 Å². The molecule has 1 heterocycles. The van der Waals surface area contributed by atoms with Gasteiger partial charge in [0.2, 0.25) is 10.0 Å². The zero-order valence-electron chi connectivity index (χ0n) is 15.5. The van der Waals surface area contributed by atoms with E-state index in [1.807, 2.05) is 0 Å². The number of halogens is 4. The van der Waals surface area contributed by atoms with E-state index in [2.05, 4.69) is 5.32 Å². The van der Waals surface area contributed by atoms with E-state index >= 15 is 0 Å². The molecule has 0 aromatic heterocycles. The molecule has 3 rings (SSSR count). The van der Waals surface area contributed by atoms with Crippen molar-refractivity contribution in [2.24, 2.45) is 0 Å². The number of hydrogen-bond acceptors (Lipinski definition) is 4. The van der Waals surface area contributed by atoms with Crippen LogP contribution in [-0.2, 0) is 10.0 Å². The van der Waals surface area contributed by atoms with Crippen LogP contribution in [0.2, 0.25) is 5.02 Å². The first-order valence-corrected chi connectivity index (χ1v) is 10.8. The number of carbonyl (C=O) groups excluding carboxylic acids is 1. The molecule has 1 aliphatic rings. The molecular formula is C19H18ClF3N2O4S. The van der Waals surface area contributed by atoms with Crippen LogP contribution in [0.1, 0.15) is 23.2 Å². The molecule has 0 bridgehead atoms. The molecule has 0 aliphatic carbocycles. The van der Waals surface area contributed by atoms with E-state index in [9.17, 15) is 31.5 Å². The fraction of sp³-hybridized carbons (Fsp3) is 0.316. The molecule has 1 aliphatic heterocycles. The number of rotatable bonds is 4. The third-order valence-electron chi connectivity index (χ3n) is 4.63. The van der Waals surface area contributed by atoms with E-state index in [0.717, 1.165) is 28.6 Å². The largest absolute Gasteiger partial charge is 0.393 e. The van der Waals surface area contributed by atoms with Crippen molar-refractivity contribution >= 4 is 33.2 Å². The lowest BCUT2D eigenvalue weighted by Crippen LogP contribution is -2.35. The molecule has 1 amide bonds.